The van der Waals surface area contributed by atoms with Crippen molar-refractivity contribution in [3.63, 3.8) is 0 Å². The summed E-state index contributed by atoms with van der Waals surface area (Å²) in [5.41, 5.74) is -0.502. The molecule has 1 saturated carbocycles. The molecule has 0 radical (unpaired) electrons. The summed E-state index contributed by atoms with van der Waals surface area (Å²) in [5, 5.41) is 2.66. The average molecular weight is 205 g/mol. The van der Waals surface area contributed by atoms with Crippen molar-refractivity contribution >= 4 is 5.91 Å². The summed E-state index contributed by atoms with van der Waals surface area (Å²) >= 11 is 0. The number of rotatable bonds is 1. The molecule has 14 heavy (non-hydrogen) atoms. The molecule has 0 heterocycles. The summed E-state index contributed by atoms with van der Waals surface area (Å²) in [6.07, 6.45) is 0.0612. The molecule has 0 aromatic carbocycles. The van der Waals surface area contributed by atoms with Gasteiger partial charge >= 0.3 is 0 Å². The summed E-state index contributed by atoms with van der Waals surface area (Å²) in [6, 6.07) is -0.350. The number of carbonyl (C=O) groups excluding carboxylic acids is 1. The van der Waals surface area contributed by atoms with Gasteiger partial charge in [-0.15, -0.1) is 0 Å². The van der Waals surface area contributed by atoms with Gasteiger partial charge in [-0.05, 0) is 6.42 Å². The molecule has 1 unspecified atom stereocenters. The zero-order valence-corrected chi connectivity index (χ0v) is 8.86. The van der Waals surface area contributed by atoms with Gasteiger partial charge in [0.15, 0.2) is 0 Å². The van der Waals surface area contributed by atoms with Crippen molar-refractivity contribution < 1.29 is 13.6 Å². The molecule has 0 bridgehead atoms. The minimum Gasteiger partial charge on any atom is -0.353 e. The molecule has 1 atom stereocenters. The van der Waals surface area contributed by atoms with Crippen molar-refractivity contribution in [2.24, 2.45) is 5.41 Å². The Labute approximate surface area is 83.1 Å². The van der Waals surface area contributed by atoms with Gasteiger partial charge in [-0.2, -0.15) is 0 Å². The van der Waals surface area contributed by atoms with Gasteiger partial charge in [0.2, 0.25) is 11.8 Å². The molecule has 1 amide bonds. The van der Waals surface area contributed by atoms with Crippen LogP contribution in [0.2, 0.25) is 0 Å². The van der Waals surface area contributed by atoms with Crippen molar-refractivity contribution in [3.8, 4) is 0 Å². The maximum Gasteiger partial charge on any atom is 0.250 e. The molecule has 0 spiro atoms. The molecule has 0 saturated heterocycles. The van der Waals surface area contributed by atoms with Gasteiger partial charge < -0.3 is 5.32 Å². The fourth-order valence-corrected chi connectivity index (χ4v) is 1.48. The van der Waals surface area contributed by atoms with Crippen molar-refractivity contribution in [1.29, 1.82) is 0 Å². The lowest BCUT2D eigenvalue weighted by atomic mass is 9.95. The Hall–Kier alpha value is -0.670. The highest BCUT2D eigenvalue weighted by Crippen LogP contribution is 2.35. The quantitative estimate of drug-likeness (QED) is 0.699. The van der Waals surface area contributed by atoms with Crippen LogP contribution in [0.15, 0.2) is 0 Å². The molecule has 2 nitrogen and oxygen atoms in total. The Bertz CT molecular complexity index is 233. The summed E-state index contributed by atoms with van der Waals surface area (Å²) in [4.78, 5) is 11.5. The topological polar surface area (TPSA) is 29.1 Å². The van der Waals surface area contributed by atoms with Crippen LogP contribution in [0, 0.1) is 5.41 Å². The Kier molecular flexibility index (Phi) is 2.83. The van der Waals surface area contributed by atoms with Crippen LogP contribution in [-0.4, -0.2) is 17.9 Å². The van der Waals surface area contributed by atoms with E-state index in [1.807, 2.05) is 0 Å². The van der Waals surface area contributed by atoms with E-state index in [2.05, 4.69) is 5.32 Å². The number of hydrogen-bond donors (Lipinski definition) is 1. The summed E-state index contributed by atoms with van der Waals surface area (Å²) in [7, 11) is 0. The van der Waals surface area contributed by atoms with Crippen LogP contribution in [0.4, 0.5) is 8.78 Å². The van der Waals surface area contributed by atoms with Crippen LogP contribution in [0.25, 0.3) is 0 Å². The van der Waals surface area contributed by atoms with E-state index in [-0.39, 0.29) is 24.8 Å². The predicted molar refractivity (Wildman–Crippen MR) is 50.2 cm³/mol. The SMILES string of the molecule is CC(C)(C)C(=O)NC1CCC(F)(F)C1. The van der Waals surface area contributed by atoms with E-state index in [4.69, 9.17) is 0 Å². The number of carbonyl (C=O) groups is 1. The largest absolute Gasteiger partial charge is 0.353 e. The first kappa shape index (κ1) is 11.4. The fourth-order valence-electron chi connectivity index (χ4n) is 1.48. The Morgan fingerprint density at radius 1 is 1.43 bits per heavy atom. The normalized spacial score (nSPS) is 26.2. The zero-order valence-electron chi connectivity index (χ0n) is 8.86. The van der Waals surface area contributed by atoms with Crippen LogP contribution < -0.4 is 5.32 Å². The van der Waals surface area contributed by atoms with Crippen LogP contribution in [-0.2, 0) is 4.79 Å². The lowest BCUT2D eigenvalue weighted by Crippen LogP contribution is -2.41. The van der Waals surface area contributed by atoms with Crippen LogP contribution in [0.1, 0.15) is 40.0 Å². The second kappa shape index (κ2) is 3.48. The van der Waals surface area contributed by atoms with Crippen molar-refractivity contribution in [2.45, 2.75) is 52.0 Å². The zero-order chi connectivity index (χ0) is 11.0. The minimum absolute atomic E-state index is 0.109. The molecule has 0 aliphatic heterocycles. The molecule has 1 rings (SSSR count). The maximum absolute atomic E-state index is 12.8. The fraction of sp³-hybridized carbons (Fsp3) is 0.900. The van der Waals surface area contributed by atoms with E-state index in [1.54, 1.807) is 20.8 Å². The minimum atomic E-state index is -2.59. The van der Waals surface area contributed by atoms with Gasteiger partial charge in [0.1, 0.15) is 0 Å². The van der Waals surface area contributed by atoms with Gasteiger partial charge in [-0.1, -0.05) is 20.8 Å². The molecular formula is C10H17F2NO. The molecule has 82 valence electrons. The van der Waals surface area contributed by atoms with E-state index in [0.29, 0.717) is 6.42 Å². The number of amides is 1. The third-order valence-electron chi connectivity index (χ3n) is 2.42. The van der Waals surface area contributed by atoms with Crippen LogP contribution in [0.5, 0.6) is 0 Å². The number of halogens is 2. The van der Waals surface area contributed by atoms with Gasteiger partial charge in [-0.25, -0.2) is 8.78 Å². The van der Waals surface area contributed by atoms with Gasteiger partial charge in [0.25, 0.3) is 0 Å². The molecule has 4 heteroatoms. The van der Waals surface area contributed by atoms with Crippen molar-refractivity contribution in [1.82, 2.24) is 5.32 Å². The molecular weight excluding hydrogens is 188 g/mol. The van der Waals surface area contributed by atoms with E-state index >= 15 is 0 Å². The molecule has 1 aliphatic rings. The standard InChI is InChI=1S/C10H17F2NO/c1-9(2,3)8(14)13-7-4-5-10(11,12)6-7/h7H,4-6H2,1-3H3,(H,13,14). The van der Waals surface area contributed by atoms with Crippen molar-refractivity contribution in [2.75, 3.05) is 0 Å². The summed E-state index contributed by atoms with van der Waals surface area (Å²) in [6.45, 7) is 5.32. The number of nitrogens with one attached hydrogen (secondary N) is 1. The lowest BCUT2D eigenvalue weighted by Gasteiger charge is -2.21. The Morgan fingerprint density at radius 2 is 2.00 bits per heavy atom. The molecule has 1 aliphatic carbocycles. The third kappa shape index (κ3) is 2.93. The highest BCUT2D eigenvalue weighted by Gasteiger charge is 2.40. The molecule has 1 fully saturated rings. The third-order valence-corrected chi connectivity index (χ3v) is 2.42. The predicted octanol–water partition coefficient (Wildman–Crippen LogP) is 2.34. The maximum atomic E-state index is 12.8. The second-order valence-electron chi connectivity index (χ2n) is 5.02. The Morgan fingerprint density at radius 3 is 2.36 bits per heavy atom. The van der Waals surface area contributed by atoms with Crippen LogP contribution in [0.3, 0.4) is 0 Å². The van der Waals surface area contributed by atoms with Gasteiger partial charge in [-0.3, -0.25) is 4.79 Å². The second-order valence-corrected chi connectivity index (χ2v) is 5.02. The Balaban J connectivity index is 2.44. The van der Waals surface area contributed by atoms with Gasteiger partial charge in [0.05, 0.1) is 0 Å². The van der Waals surface area contributed by atoms with E-state index in [0.717, 1.165) is 0 Å². The van der Waals surface area contributed by atoms with E-state index in [1.165, 1.54) is 0 Å². The van der Waals surface area contributed by atoms with E-state index < -0.39 is 11.3 Å². The molecule has 1 N–H and O–H groups in total. The molecule has 0 aromatic heterocycles. The lowest BCUT2D eigenvalue weighted by molar-refractivity contribution is -0.129. The molecule has 0 aromatic rings. The van der Waals surface area contributed by atoms with Crippen molar-refractivity contribution in [3.05, 3.63) is 0 Å². The smallest absolute Gasteiger partial charge is 0.250 e. The first-order valence-corrected chi connectivity index (χ1v) is 4.89. The number of alkyl halides is 2. The monoisotopic (exact) mass is 205 g/mol. The summed E-state index contributed by atoms with van der Waals surface area (Å²) in [5.74, 6) is -2.74. The first-order chi connectivity index (χ1) is 6.21. The van der Waals surface area contributed by atoms with Crippen LogP contribution >= 0.6 is 0 Å². The van der Waals surface area contributed by atoms with Gasteiger partial charge in [0, 0.05) is 24.3 Å². The first-order valence-electron chi connectivity index (χ1n) is 4.89. The summed E-state index contributed by atoms with van der Waals surface area (Å²) < 4.78 is 25.6. The van der Waals surface area contributed by atoms with E-state index in [9.17, 15) is 13.6 Å². The number of hydrogen-bond acceptors (Lipinski definition) is 1. The highest BCUT2D eigenvalue weighted by molar-refractivity contribution is 5.81. The average Bonchev–Trinajstić information content (AvgIpc) is 2.28. The highest BCUT2D eigenvalue weighted by atomic mass is 19.3.